The molecule has 0 saturated carbocycles. The first-order valence-corrected chi connectivity index (χ1v) is 6.85. The minimum Gasteiger partial charge on any atom is -0.445 e. The molecule has 1 saturated heterocycles. The first kappa shape index (κ1) is 19.5. The summed E-state index contributed by atoms with van der Waals surface area (Å²) in [5.74, 6) is 0. The number of piperazine rings is 1. The molecule has 1 aliphatic rings. The third-order valence-electron chi connectivity index (χ3n) is 3.46. The van der Waals surface area contributed by atoms with E-state index in [1.54, 1.807) is 4.90 Å². The summed E-state index contributed by atoms with van der Waals surface area (Å²) < 4.78 is 37.5. The maximum atomic E-state index is 12.5. The van der Waals surface area contributed by atoms with Crippen LogP contribution in [0.5, 0.6) is 0 Å². The van der Waals surface area contributed by atoms with Gasteiger partial charge < -0.3 is 17.8 Å². The second kappa shape index (κ2) is 8.38. The van der Waals surface area contributed by atoms with Crippen molar-refractivity contribution in [1.29, 1.82) is 0 Å². The van der Waals surface area contributed by atoms with Crippen LogP contribution in [0.2, 0.25) is 5.02 Å². The topological polar surface area (TPSA) is 6.48 Å². The predicted molar refractivity (Wildman–Crippen MR) is 78.3 cm³/mol. The SMILES string of the molecule is C=C(CN1CCN(c2ccccc2Cl)CC1)[B-](F)(F)F.[K+]. The quantitative estimate of drug-likeness (QED) is 0.731. The normalized spacial score (nSPS) is 16.5. The fraction of sp³-hybridized carbons (Fsp3) is 0.385. The van der Waals surface area contributed by atoms with Crippen LogP contribution in [0.4, 0.5) is 18.6 Å². The molecule has 0 N–H and O–H groups in total. The van der Waals surface area contributed by atoms with Gasteiger partial charge in [-0.1, -0.05) is 23.7 Å². The van der Waals surface area contributed by atoms with Crippen LogP contribution >= 0.6 is 11.6 Å². The maximum Gasteiger partial charge on any atom is 1.00 e. The van der Waals surface area contributed by atoms with E-state index >= 15 is 0 Å². The zero-order valence-electron chi connectivity index (χ0n) is 12.0. The van der Waals surface area contributed by atoms with Gasteiger partial charge in [0.1, 0.15) is 0 Å². The van der Waals surface area contributed by atoms with E-state index in [4.69, 9.17) is 11.6 Å². The molecule has 1 aromatic carbocycles. The minimum atomic E-state index is -4.94. The third-order valence-corrected chi connectivity index (χ3v) is 3.77. The van der Waals surface area contributed by atoms with E-state index in [1.165, 1.54) is 0 Å². The molecular formula is C13H16BClF3KN2. The van der Waals surface area contributed by atoms with Crippen LogP contribution in [0.25, 0.3) is 0 Å². The van der Waals surface area contributed by atoms with Gasteiger partial charge in [-0.3, -0.25) is 4.90 Å². The van der Waals surface area contributed by atoms with Crippen molar-refractivity contribution < 1.29 is 64.3 Å². The molecule has 0 aromatic heterocycles. The summed E-state index contributed by atoms with van der Waals surface area (Å²) in [6.45, 7) is 0.601. The Balaban J connectivity index is 0.00000220. The summed E-state index contributed by atoms with van der Waals surface area (Å²) in [4.78, 5) is 3.88. The Bertz CT molecular complexity index is 491. The molecule has 2 rings (SSSR count). The van der Waals surface area contributed by atoms with Gasteiger partial charge in [-0.2, -0.15) is 0 Å². The van der Waals surface area contributed by atoms with Crippen molar-refractivity contribution in [1.82, 2.24) is 4.90 Å². The second-order valence-electron chi connectivity index (χ2n) is 4.95. The number of para-hydroxylation sites is 1. The third kappa shape index (κ3) is 5.57. The van der Waals surface area contributed by atoms with Crippen molar-refractivity contribution in [2.24, 2.45) is 0 Å². The molecule has 0 unspecified atom stereocenters. The fourth-order valence-corrected chi connectivity index (χ4v) is 2.50. The number of hydrogen-bond acceptors (Lipinski definition) is 2. The molecule has 1 aliphatic heterocycles. The molecule has 0 aliphatic carbocycles. The summed E-state index contributed by atoms with van der Waals surface area (Å²) in [6.07, 6.45) is 0. The van der Waals surface area contributed by atoms with Gasteiger partial charge in [-0.15, -0.1) is 12.1 Å². The van der Waals surface area contributed by atoms with E-state index < -0.39 is 12.4 Å². The smallest absolute Gasteiger partial charge is 0.445 e. The second-order valence-corrected chi connectivity index (χ2v) is 5.35. The summed E-state index contributed by atoms with van der Waals surface area (Å²) in [5.41, 5.74) is 0.309. The summed E-state index contributed by atoms with van der Waals surface area (Å²) in [6, 6.07) is 7.51. The molecule has 2 nitrogen and oxygen atoms in total. The van der Waals surface area contributed by atoms with E-state index in [0.717, 1.165) is 5.69 Å². The van der Waals surface area contributed by atoms with Gasteiger partial charge in [0.05, 0.1) is 10.7 Å². The number of anilines is 1. The predicted octanol–water partition coefficient (Wildman–Crippen LogP) is 0.409. The Morgan fingerprint density at radius 2 is 1.71 bits per heavy atom. The molecule has 1 heterocycles. The largest absolute Gasteiger partial charge is 1.00 e. The maximum absolute atomic E-state index is 12.5. The van der Waals surface area contributed by atoms with Crippen LogP contribution in [0.15, 0.2) is 36.3 Å². The number of halogens is 4. The van der Waals surface area contributed by atoms with Gasteiger partial charge in [-0.25, -0.2) is 0 Å². The van der Waals surface area contributed by atoms with Crippen LogP contribution in [-0.4, -0.2) is 44.6 Å². The van der Waals surface area contributed by atoms with Crippen molar-refractivity contribution >= 4 is 24.3 Å². The Hall–Kier alpha value is 0.501. The number of nitrogens with zero attached hydrogens (tertiary/aromatic N) is 2. The zero-order chi connectivity index (χ0) is 14.8. The van der Waals surface area contributed by atoms with Gasteiger partial charge in [0.2, 0.25) is 0 Å². The fourth-order valence-electron chi connectivity index (χ4n) is 2.25. The first-order chi connectivity index (χ1) is 9.38. The van der Waals surface area contributed by atoms with Gasteiger partial charge in [0.15, 0.2) is 0 Å². The summed E-state index contributed by atoms with van der Waals surface area (Å²) >= 11 is 6.12. The standard InChI is InChI=1S/C13H16BClF3N2.K/c1-11(14(16,17)18)10-19-6-8-20(9-7-19)13-5-3-2-4-12(13)15;/h2-5H,1,6-10H2;/q-1;+1. The molecule has 1 aromatic rings. The minimum absolute atomic E-state index is 0. The monoisotopic (exact) mass is 342 g/mol. The average molecular weight is 343 g/mol. The number of benzene rings is 1. The van der Waals surface area contributed by atoms with E-state index in [-0.39, 0.29) is 57.9 Å². The zero-order valence-corrected chi connectivity index (χ0v) is 15.9. The van der Waals surface area contributed by atoms with Gasteiger partial charge >= 0.3 is 58.4 Å². The Morgan fingerprint density at radius 3 is 2.24 bits per heavy atom. The summed E-state index contributed by atoms with van der Waals surface area (Å²) in [5, 5.41) is 0.670. The van der Waals surface area contributed by atoms with E-state index in [2.05, 4.69) is 11.5 Å². The van der Waals surface area contributed by atoms with Gasteiger partial charge in [-0.05, 0) is 18.7 Å². The summed E-state index contributed by atoms with van der Waals surface area (Å²) in [7, 11) is 0. The van der Waals surface area contributed by atoms with E-state index in [9.17, 15) is 12.9 Å². The molecule has 0 spiro atoms. The van der Waals surface area contributed by atoms with E-state index in [0.29, 0.717) is 31.2 Å². The molecule has 0 bridgehead atoms. The van der Waals surface area contributed by atoms with Crippen molar-refractivity contribution in [3.63, 3.8) is 0 Å². The van der Waals surface area contributed by atoms with Gasteiger partial charge in [0, 0.05) is 26.2 Å². The molecule has 21 heavy (non-hydrogen) atoms. The van der Waals surface area contributed by atoms with Gasteiger partial charge in [0.25, 0.3) is 0 Å². The molecule has 0 atom stereocenters. The van der Waals surface area contributed by atoms with Crippen molar-refractivity contribution in [3.05, 3.63) is 41.3 Å². The molecular weight excluding hydrogens is 327 g/mol. The van der Waals surface area contributed by atoms with Crippen molar-refractivity contribution in [2.75, 3.05) is 37.6 Å². The Kier molecular flexibility index (Phi) is 7.80. The molecule has 0 amide bonds. The molecule has 0 radical (unpaired) electrons. The molecule has 1 fully saturated rings. The van der Waals surface area contributed by atoms with Crippen LogP contribution < -0.4 is 56.3 Å². The van der Waals surface area contributed by atoms with E-state index in [1.807, 2.05) is 24.3 Å². The number of hydrogen-bond donors (Lipinski definition) is 0. The van der Waals surface area contributed by atoms with Crippen LogP contribution in [-0.2, 0) is 0 Å². The first-order valence-electron chi connectivity index (χ1n) is 6.47. The van der Waals surface area contributed by atoms with Crippen LogP contribution in [0.1, 0.15) is 0 Å². The Morgan fingerprint density at radius 1 is 1.14 bits per heavy atom. The van der Waals surface area contributed by atoms with Crippen molar-refractivity contribution in [2.45, 2.75) is 0 Å². The number of rotatable bonds is 4. The van der Waals surface area contributed by atoms with Crippen LogP contribution in [0, 0.1) is 0 Å². The van der Waals surface area contributed by atoms with Crippen molar-refractivity contribution in [3.8, 4) is 0 Å². The Labute approximate surface area is 170 Å². The van der Waals surface area contributed by atoms with Crippen LogP contribution in [0.3, 0.4) is 0 Å². The molecule has 8 heteroatoms. The average Bonchev–Trinajstić information content (AvgIpc) is 2.39. The molecule has 110 valence electrons.